The van der Waals surface area contributed by atoms with Crippen molar-refractivity contribution in [2.45, 2.75) is 39.2 Å². The van der Waals surface area contributed by atoms with Gasteiger partial charge < -0.3 is 9.47 Å². The third kappa shape index (κ3) is 8.37. The number of aromatic nitrogens is 2. The number of rotatable bonds is 9. The quantitative estimate of drug-likeness (QED) is 0.215. The molecule has 0 fully saturated rings. The molecule has 10 heteroatoms. The fraction of sp³-hybridized carbons (Fsp3) is 0.259. The van der Waals surface area contributed by atoms with Crippen LogP contribution >= 0.6 is 0 Å². The first-order chi connectivity index (χ1) is 17.5. The summed E-state index contributed by atoms with van der Waals surface area (Å²) in [4.78, 5) is 0. The lowest BCUT2D eigenvalue weighted by Crippen LogP contribution is -2.12. The second-order valence-electron chi connectivity index (χ2n) is 8.20. The monoisotopic (exact) mass is 522 g/mol. The van der Waals surface area contributed by atoms with Crippen LogP contribution in [0.15, 0.2) is 78.4 Å². The lowest BCUT2D eigenvalue weighted by atomic mass is 10.0. The predicted octanol–water partition coefficient (Wildman–Crippen LogP) is 7.59. The Morgan fingerprint density at radius 2 is 1.49 bits per heavy atom. The van der Waals surface area contributed by atoms with Crippen LogP contribution in [0.3, 0.4) is 0 Å². The molecule has 0 radical (unpaired) electrons. The van der Waals surface area contributed by atoms with Crippen molar-refractivity contribution in [1.29, 1.82) is 0 Å². The molecule has 2 aromatic carbocycles. The third-order valence-electron chi connectivity index (χ3n) is 5.06. The van der Waals surface area contributed by atoms with E-state index < -0.39 is 23.5 Å². The summed E-state index contributed by atoms with van der Waals surface area (Å²) < 4.78 is 91.0. The van der Waals surface area contributed by atoms with Gasteiger partial charge in [0.05, 0.1) is 16.8 Å². The molecule has 37 heavy (non-hydrogen) atoms. The first-order valence-corrected chi connectivity index (χ1v) is 11.2. The molecule has 3 rings (SSSR count). The molecular weight excluding hydrogens is 498 g/mol. The standard InChI is InChI=1S/C27H24F6N2O2/c1-3-4-8-18(2)16-37-25-24(36-17-19-9-6-5-7-10-19)15-23(34-35-25)13-20-11-21(26(28,29)30)14-22(12-20)27(31,32)33/h3-12,14-15H,13,16-17H2,1-2H3. The highest BCUT2D eigenvalue weighted by Gasteiger charge is 2.36. The number of halogens is 6. The van der Waals surface area contributed by atoms with Gasteiger partial charge in [0.25, 0.3) is 5.88 Å². The molecule has 0 N–H and O–H groups in total. The van der Waals surface area contributed by atoms with E-state index in [1.807, 2.05) is 62.4 Å². The Kier molecular flexibility index (Phi) is 8.96. The summed E-state index contributed by atoms with van der Waals surface area (Å²) >= 11 is 0. The van der Waals surface area contributed by atoms with Gasteiger partial charge in [0.2, 0.25) is 0 Å². The van der Waals surface area contributed by atoms with Crippen molar-refractivity contribution in [3.05, 3.63) is 106 Å². The molecule has 1 heterocycles. The van der Waals surface area contributed by atoms with Gasteiger partial charge in [-0.05, 0) is 48.7 Å². The number of hydrogen-bond acceptors (Lipinski definition) is 4. The van der Waals surface area contributed by atoms with Gasteiger partial charge in [0.1, 0.15) is 13.2 Å². The maximum absolute atomic E-state index is 13.2. The Morgan fingerprint density at radius 1 is 0.838 bits per heavy atom. The number of hydrogen-bond donors (Lipinski definition) is 0. The molecule has 3 aromatic rings. The largest absolute Gasteiger partial charge is 0.483 e. The number of allylic oxidation sites excluding steroid dienone is 3. The van der Waals surface area contributed by atoms with Gasteiger partial charge in [-0.25, -0.2) is 0 Å². The van der Waals surface area contributed by atoms with Gasteiger partial charge in [-0.15, -0.1) is 5.10 Å². The lowest BCUT2D eigenvalue weighted by molar-refractivity contribution is -0.143. The van der Waals surface area contributed by atoms with E-state index in [2.05, 4.69) is 10.2 Å². The van der Waals surface area contributed by atoms with E-state index in [0.29, 0.717) is 12.1 Å². The summed E-state index contributed by atoms with van der Waals surface area (Å²) in [6, 6.07) is 12.0. The summed E-state index contributed by atoms with van der Waals surface area (Å²) in [5.41, 5.74) is -1.18. The highest BCUT2D eigenvalue weighted by atomic mass is 19.4. The number of benzene rings is 2. The minimum absolute atomic E-state index is 0.0490. The second kappa shape index (κ2) is 11.9. The molecule has 0 unspecified atom stereocenters. The zero-order chi connectivity index (χ0) is 27.1. The van der Waals surface area contributed by atoms with E-state index >= 15 is 0 Å². The SMILES string of the molecule is CC=CC=C(C)COc1nnc(Cc2cc(C(F)(F)F)cc(C(F)(F)F)c2)cc1OCc1ccccc1. The van der Waals surface area contributed by atoms with Crippen LogP contribution in [-0.4, -0.2) is 16.8 Å². The first kappa shape index (κ1) is 27.8. The fourth-order valence-electron chi connectivity index (χ4n) is 3.25. The number of nitrogens with zero attached hydrogens (tertiary/aromatic N) is 2. The summed E-state index contributed by atoms with van der Waals surface area (Å²) in [5.74, 6) is 0.212. The van der Waals surface area contributed by atoms with Gasteiger partial charge in [-0.3, -0.25) is 0 Å². The minimum atomic E-state index is -4.94. The highest BCUT2D eigenvalue weighted by molar-refractivity contribution is 5.39. The van der Waals surface area contributed by atoms with Crippen molar-refractivity contribution in [2.24, 2.45) is 0 Å². The van der Waals surface area contributed by atoms with Crippen molar-refractivity contribution in [1.82, 2.24) is 10.2 Å². The lowest BCUT2D eigenvalue weighted by Gasteiger charge is -2.15. The van der Waals surface area contributed by atoms with Crippen LogP contribution in [0.2, 0.25) is 0 Å². The van der Waals surface area contributed by atoms with Gasteiger partial charge in [-0.1, -0.05) is 48.6 Å². The summed E-state index contributed by atoms with van der Waals surface area (Å²) in [7, 11) is 0. The summed E-state index contributed by atoms with van der Waals surface area (Å²) in [6.45, 7) is 4.02. The Hall–Kier alpha value is -3.82. The molecule has 0 amide bonds. The van der Waals surface area contributed by atoms with Crippen LogP contribution in [0.4, 0.5) is 26.3 Å². The van der Waals surface area contributed by atoms with Gasteiger partial charge in [0, 0.05) is 12.5 Å². The molecule has 0 saturated carbocycles. The molecule has 0 bridgehead atoms. The van der Waals surface area contributed by atoms with Crippen LogP contribution in [0, 0.1) is 0 Å². The molecule has 1 aromatic heterocycles. The molecule has 0 saturated heterocycles. The topological polar surface area (TPSA) is 44.2 Å². The van der Waals surface area contributed by atoms with E-state index in [0.717, 1.165) is 11.1 Å². The van der Waals surface area contributed by atoms with E-state index in [-0.39, 0.29) is 48.6 Å². The Balaban J connectivity index is 1.92. The van der Waals surface area contributed by atoms with Crippen LogP contribution in [0.1, 0.15) is 41.8 Å². The van der Waals surface area contributed by atoms with Crippen LogP contribution in [0.5, 0.6) is 11.6 Å². The average molecular weight is 522 g/mol. The molecule has 0 aliphatic heterocycles. The van der Waals surface area contributed by atoms with Crippen molar-refractivity contribution in [2.75, 3.05) is 6.61 Å². The minimum Gasteiger partial charge on any atom is -0.483 e. The molecule has 196 valence electrons. The van der Waals surface area contributed by atoms with E-state index in [9.17, 15) is 26.3 Å². The van der Waals surface area contributed by atoms with Crippen LogP contribution < -0.4 is 9.47 Å². The van der Waals surface area contributed by atoms with Crippen molar-refractivity contribution >= 4 is 0 Å². The first-order valence-electron chi connectivity index (χ1n) is 11.2. The van der Waals surface area contributed by atoms with E-state index in [1.54, 1.807) is 0 Å². The normalized spacial score (nSPS) is 12.7. The number of alkyl halides is 6. The maximum atomic E-state index is 13.2. The summed E-state index contributed by atoms with van der Waals surface area (Å²) in [6.07, 6.45) is -4.68. The predicted molar refractivity (Wildman–Crippen MR) is 126 cm³/mol. The van der Waals surface area contributed by atoms with E-state index in [1.165, 1.54) is 6.07 Å². The molecule has 0 atom stereocenters. The maximum Gasteiger partial charge on any atom is 0.416 e. The molecule has 0 spiro atoms. The Morgan fingerprint density at radius 3 is 2.08 bits per heavy atom. The molecular formula is C27H24F6N2O2. The van der Waals surface area contributed by atoms with Crippen LogP contribution in [0.25, 0.3) is 0 Å². The van der Waals surface area contributed by atoms with Gasteiger partial charge in [0.15, 0.2) is 5.75 Å². The molecule has 0 aliphatic rings. The molecule has 0 aliphatic carbocycles. The smallest absolute Gasteiger partial charge is 0.416 e. The van der Waals surface area contributed by atoms with Gasteiger partial charge >= 0.3 is 12.4 Å². The summed E-state index contributed by atoms with van der Waals surface area (Å²) in [5, 5.41) is 7.96. The zero-order valence-corrected chi connectivity index (χ0v) is 20.0. The highest BCUT2D eigenvalue weighted by Crippen LogP contribution is 2.37. The zero-order valence-electron chi connectivity index (χ0n) is 20.0. The second-order valence-corrected chi connectivity index (χ2v) is 8.20. The Bertz CT molecular complexity index is 1220. The fourth-order valence-corrected chi connectivity index (χ4v) is 3.25. The molecule has 4 nitrogen and oxygen atoms in total. The number of ether oxygens (including phenoxy) is 2. The van der Waals surface area contributed by atoms with Crippen LogP contribution in [-0.2, 0) is 25.4 Å². The average Bonchev–Trinajstić information content (AvgIpc) is 2.85. The van der Waals surface area contributed by atoms with Crippen molar-refractivity contribution < 1.29 is 35.8 Å². The van der Waals surface area contributed by atoms with Gasteiger partial charge in [-0.2, -0.15) is 31.4 Å². The Labute approximate surface area is 210 Å². The third-order valence-corrected chi connectivity index (χ3v) is 5.06. The van der Waals surface area contributed by atoms with Crippen molar-refractivity contribution in [3.8, 4) is 11.6 Å². The van der Waals surface area contributed by atoms with E-state index in [4.69, 9.17) is 9.47 Å². The van der Waals surface area contributed by atoms with Crippen molar-refractivity contribution in [3.63, 3.8) is 0 Å².